The van der Waals surface area contributed by atoms with Gasteiger partial charge in [0.1, 0.15) is 5.75 Å². The molecular weight excluding hydrogens is 312 g/mol. The smallest absolute Gasteiger partial charge is 0.237 e. The zero-order valence-electron chi connectivity index (χ0n) is 14.9. The fraction of sp³-hybridized carbons (Fsp3) is 0.611. The first-order chi connectivity index (χ1) is 10.3. The van der Waals surface area contributed by atoms with E-state index in [2.05, 4.69) is 19.2 Å². The zero-order chi connectivity index (χ0) is 16.8. The van der Waals surface area contributed by atoms with E-state index < -0.39 is 11.6 Å². The van der Waals surface area contributed by atoms with Crippen LogP contribution in [-0.4, -0.2) is 18.6 Å². The van der Waals surface area contributed by atoms with Crippen LogP contribution < -0.4 is 15.8 Å². The van der Waals surface area contributed by atoms with Crippen LogP contribution in [-0.2, 0) is 10.3 Å². The second-order valence-electron chi connectivity index (χ2n) is 6.74. The summed E-state index contributed by atoms with van der Waals surface area (Å²) in [6.45, 7) is 10.9. The number of rotatable bonds is 8. The number of amides is 1. The van der Waals surface area contributed by atoms with Gasteiger partial charge in [0, 0.05) is 0 Å². The van der Waals surface area contributed by atoms with Crippen LogP contribution in [0.2, 0.25) is 0 Å². The van der Waals surface area contributed by atoms with Crippen molar-refractivity contribution in [2.75, 3.05) is 6.61 Å². The van der Waals surface area contributed by atoms with Crippen LogP contribution in [0.25, 0.3) is 0 Å². The predicted molar refractivity (Wildman–Crippen MR) is 98.1 cm³/mol. The highest BCUT2D eigenvalue weighted by molar-refractivity contribution is 5.85. The van der Waals surface area contributed by atoms with Crippen LogP contribution in [0, 0.1) is 5.92 Å². The van der Waals surface area contributed by atoms with Crippen molar-refractivity contribution in [1.82, 2.24) is 5.32 Å². The minimum atomic E-state index is -0.459. The lowest BCUT2D eigenvalue weighted by Gasteiger charge is -2.28. The highest BCUT2D eigenvalue weighted by Gasteiger charge is 2.25. The van der Waals surface area contributed by atoms with E-state index in [1.54, 1.807) is 0 Å². The van der Waals surface area contributed by atoms with E-state index in [0.29, 0.717) is 18.9 Å². The van der Waals surface area contributed by atoms with Gasteiger partial charge in [0.25, 0.3) is 0 Å². The molecule has 0 bridgehead atoms. The minimum Gasteiger partial charge on any atom is -0.493 e. The number of benzene rings is 1. The first-order valence-electron chi connectivity index (χ1n) is 8.07. The van der Waals surface area contributed by atoms with E-state index in [9.17, 15) is 4.79 Å². The summed E-state index contributed by atoms with van der Waals surface area (Å²) < 4.78 is 5.68. The van der Waals surface area contributed by atoms with Crippen molar-refractivity contribution < 1.29 is 9.53 Å². The van der Waals surface area contributed by atoms with E-state index in [1.165, 1.54) is 0 Å². The Morgan fingerprint density at radius 1 is 1.26 bits per heavy atom. The molecule has 1 unspecified atom stereocenters. The molecule has 0 saturated carbocycles. The number of carbonyl (C=O) groups is 1. The Kier molecular flexibility index (Phi) is 9.25. The van der Waals surface area contributed by atoms with Crippen LogP contribution in [0.5, 0.6) is 5.75 Å². The Morgan fingerprint density at radius 2 is 1.83 bits per heavy atom. The van der Waals surface area contributed by atoms with Gasteiger partial charge in [0.05, 0.1) is 18.2 Å². The molecule has 23 heavy (non-hydrogen) atoms. The topological polar surface area (TPSA) is 64.4 Å². The molecular formula is C18H31ClN2O2. The summed E-state index contributed by atoms with van der Waals surface area (Å²) in [6.07, 6.45) is 1.60. The number of nitrogens with two attached hydrogens (primary N) is 1. The molecule has 0 heterocycles. The molecule has 0 aliphatic heterocycles. The van der Waals surface area contributed by atoms with E-state index in [-0.39, 0.29) is 18.3 Å². The summed E-state index contributed by atoms with van der Waals surface area (Å²) in [4.78, 5) is 12.1. The Labute approximate surface area is 146 Å². The Morgan fingerprint density at radius 3 is 2.30 bits per heavy atom. The van der Waals surface area contributed by atoms with Crippen LogP contribution in [0.4, 0.5) is 0 Å². The van der Waals surface area contributed by atoms with E-state index in [0.717, 1.165) is 17.7 Å². The molecule has 1 atom stereocenters. The third-order valence-corrected chi connectivity index (χ3v) is 3.53. The van der Waals surface area contributed by atoms with Gasteiger partial charge in [-0.15, -0.1) is 12.4 Å². The first kappa shape index (κ1) is 21.7. The van der Waals surface area contributed by atoms with Crippen molar-refractivity contribution in [2.24, 2.45) is 11.7 Å². The van der Waals surface area contributed by atoms with Gasteiger partial charge in [-0.2, -0.15) is 0 Å². The van der Waals surface area contributed by atoms with E-state index in [4.69, 9.17) is 10.5 Å². The van der Waals surface area contributed by atoms with Gasteiger partial charge in [-0.05, 0) is 43.9 Å². The maximum atomic E-state index is 12.1. The Balaban J connectivity index is 0.00000484. The van der Waals surface area contributed by atoms with Gasteiger partial charge in [-0.3, -0.25) is 4.79 Å². The van der Waals surface area contributed by atoms with Crippen molar-refractivity contribution in [2.45, 2.75) is 59.0 Å². The molecule has 1 amide bonds. The molecule has 0 radical (unpaired) electrons. The molecule has 1 aromatic carbocycles. The minimum absolute atomic E-state index is 0. The number of hydrogen-bond acceptors (Lipinski definition) is 3. The number of ether oxygens (including phenoxy) is 1. The number of halogens is 1. The highest BCUT2D eigenvalue weighted by atomic mass is 35.5. The fourth-order valence-corrected chi connectivity index (χ4v) is 2.15. The quantitative estimate of drug-likeness (QED) is 0.758. The maximum absolute atomic E-state index is 12.1. The fourth-order valence-electron chi connectivity index (χ4n) is 2.15. The summed E-state index contributed by atoms with van der Waals surface area (Å²) in [5.41, 5.74) is 6.44. The summed E-state index contributed by atoms with van der Waals surface area (Å²) in [7, 11) is 0. The number of hydrogen-bond donors (Lipinski definition) is 2. The van der Waals surface area contributed by atoms with Crippen LogP contribution in [0.3, 0.4) is 0 Å². The highest BCUT2D eigenvalue weighted by Crippen LogP contribution is 2.23. The lowest BCUT2D eigenvalue weighted by Crippen LogP contribution is -2.48. The summed E-state index contributed by atoms with van der Waals surface area (Å²) in [6, 6.07) is 7.41. The van der Waals surface area contributed by atoms with Crippen molar-refractivity contribution >= 4 is 18.3 Å². The van der Waals surface area contributed by atoms with Crippen molar-refractivity contribution in [1.29, 1.82) is 0 Å². The number of nitrogens with one attached hydrogen (secondary N) is 1. The second kappa shape index (κ2) is 9.78. The maximum Gasteiger partial charge on any atom is 0.237 e. The lowest BCUT2D eigenvalue weighted by molar-refractivity contribution is -0.124. The molecule has 1 rings (SSSR count). The Bertz CT molecular complexity index is 472. The molecule has 1 aromatic rings. The second-order valence-corrected chi connectivity index (χ2v) is 6.74. The summed E-state index contributed by atoms with van der Waals surface area (Å²) >= 11 is 0. The molecule has 0 saturated heterocycles. The molecule has 5 heteroatoms. The third-order valence-electron chi connectivity index (χ3n) is 3.53. The molecule has 0 fully saturated rings. The summed E-state index contributed by atoms with van der Waals surface area (Å²) in [5.74, 6) is 1.24. The molecule has 3 N–H and O–H groups in total. The zero-order valence-corrected chi connectivity index (χ0v) is 15.7. The largest absolute Gasteiger partial charge is 0.493 e. The normalized spacial score (nSPS) is 12.5. The molecule has 132 valence electrons. The van der Waals surface area contributed by atoms with Crippen molar-refractivity contribution in [3.8, 4) is 5.75 Å². The van der Waals surface area contributed by atoms with E-state index >= 15 is 0 Å². The van der Waals surface area contributed by atoms with Gasteiger partial charge in [0.15, 0.2) is 0 Å². The number of carbonyl (C=O) groups excluding carboxylic acids is 1. The standard InChI is InChI=1S/C18H30N2O2.ClH/c1-6-7-16(19)17(21)20-18(4,5)14-8-10-15(11-9-14)22-12-13(2)3;/h8-11,13,16H,6-7,12,19H2,1-5H3,(H,20,21);1H. The van der Waals surface area contributed by atoms with Crippen LogP contribution in [0.15, 0.2) is 24.3 Å². The van der Waals surface area contributed by atoms with Gasteiger partial charge in [0.2, 0.25) is 5.91 Å². The monoisotopic (exact) mass is 342 g/mol. The predicted octanol–water partition coefficient (Wildman–Crippen LogP) is 3.62. The van der Waals surface area contributed by atoms with Crippen molar-refractivity contribution in [3.05, 3.63) is 29.8 Å². The van der Waals surface area contributed by atoms with Crippen LogP contribution in [0.1, 0.15) is 53.0 Å². The SMILES string of the molecule is CCCC(N)C(=O)NC(C)(C)c1ccc(OCC(C)C)cc1.Cl. The molecule has 0 aromatic heterocycles. The van der Waals surface area contributed by atoms with Crippen molar-refractivity contribution in [3.63, 3.8) is 0 Å². The van der Waals surface area contributed by atoms with Crippen LogP contribution >= 0.6 is 12.4 Å². The molecule has 0 aliphatic rings. The lowest BCUT2D eigenvalue weighted by atomic mass is 9.93. The first-order valence-corrected chi connectivity index (χ1v) is 8.07. The average Bonchev–Trinajstić information content (AvgIpc) is 2.45. The average molecular weight is 343 g/mol. The van der Waals surface area contributed by atoms with Gasteiger partial charge >= 0.3 is 0 Å². The van der Waals surface area contributed by atoms with Gasteiger partial charge in [-0.25, -0.2) is 0 Å². The molecule has 0 aliphatic carbocycles. The van der Waals surface area contributed by atoms with E-state index in [1.807, 2.05) is 45.0 Å². The molecule has 4 nitrogen and oxygen atoms in total. The van der Waals surface area contributed by atoms with Gasteiger partial charge in [-0.1, -0.05) is 39.3 Å². The third kappa shape index (κ3) is 7.23. The summed E-state index contributed by atoms with van der Waals surface area (Å²) in [5, 5.41) is 3.02. The Hall–Kier alpha value is -1.26. The molecule has 0 spiro atoms. The van der Waals surface area contributed by atoms with Gasteiger partial charge < -0.3 is 15.8 Å².